The van der Waals surface area contributed by atoms with Crippen LogP contribution in [0.15, 0.2) is 0 Å². The van der Waals surface area contributed by atoms with Gasteiger partial charge in [-0.3, -0.25) is 0 Å². The smallest absolute Gasteiger partial charge is 0.822 e. The van der Waals surface area contributed by atoms with E-state index >= 15 is 0 Å². The number of hydrogen-bond donors (Lipinski definition) is 0. The molecule has 0 aromatic carbocycles. The van der Waals surface area contributed by atoms with Crippen LogP contribution < -0.4 is 24.3 Å². The van der Waals surface area contributed by atoms with Crippen LogP contribution in [0.3, 0.4) is 0 Å². The minimum atomic E-state index is -5.39. The second-order valence-electron chi connectivity index (χ2n) is 0.697. The molecule has 7 nitrogen and oxygen atoms in total. The van der Waals surface area contributed by atoms with E-state index in [4.69, 9.17) is 33.3 Å². The van der Waals surface area contributed by atoms with Gasteiger partial charge in [-0.25, -0.2) is 0 Å². The van der Waals surface area contributed by atoms with E-state index in [-0.39, 0.29) is 19.5 Å². The van der Waals surface area contributed by atoms with Crippen molar-refractivity contribution in [3.05, 3.63) is 0 Å². The SMILES string of the molecule is O=P([O-])([O-])[O-].O=[Si]([O-])[O-].[Zn+2]. The van der Waals surface area contributed by atoms with Crippen LogP contribution in [0.5, 0.6) is 0 Å². The van der Waals surface area contributed by atoms with Crippen molar-refractivity contribution in [1.82, 2.24) is 0 Å². The molecule has 0 atom stereocenters. The van der Waals surface area contributed by atoms with Gasteiger partial charge in [-0.1, -0.05) is 0 Å². The third-order valence-electron chi connectivity index (χ3n) is 0. The Bertz CT molecular complexity index is 113. The van der Waals surface area contributed by atoms with Gasteiger partial charge in [-0.2, -0.15) is 7.82 Å². The molecule has 10 heavy (non-hydrogen) atoms. The van der Waals surface area contributed by atoms with Crippen molar-refractivity contribution in [2.24, 2.45) is 0 Å². The largest absolute Gasteiger partial charge is 2.00 e. The minimum absolute atomic E-state index is 0. The van der Waals surface area contributed by atoms with Gasteiger partial charge in [0.15, 0.2) is 0 Å². The first-order valence-corrected chi connectivity index (χ1v) is 4.03. The fourth-order valence-electron chi connectivity index (χ4n) is 0. The molecule has 0 fully saturated rings. The first-order chi connectivity index (χ1) is 3.73. The molecule has 0 amide bonds. The van der Waals surface area contributed by atoms with Crippen molar-refractivity contribution in [3.8, 4) is 0 Å². The predicted molar refractivity (Wildman–Crippen MR) is 14.0 cm³/mol. The zero-order chi connectivity index (χ0) is 8.08. The van der Waals surface area contributed by atoms with Crippen molar-refractivity contribution in [2.45, 2.75) is 0 Å². The molecule has 0 bridgehead atoms. The van der Waals surface area contributed by atoms with Crippen molar-refractivity contribution in [2.75, 3.05) is 0 Å². The van der Waals surface area contributed by atoms with Crippen molar-refractivity contribution < 1.29 is 52.8 Å². The van der Waals surface area contributed by atoms with Crippen molar-refractivity contribution in [1.29, 1.82) is 0 Å². The van der Waals surface area contributed by atoms with Crippen LogP contribution in [-0.2, 0) is 28.5 Å². The van der Waals surface area contributed by atoms with Crippen LogP contribution in [0, 0.1) is 0 Å². The summed E-state index contributed by atoms with van der Waals surface area (Å²) in [5, 5.41) is 0. The van der Waals surface area contributed by atoms with Gasteiger partial charge in [0.1, 0.15) is 0 Å². The molecule has 0 aliphatic heterocycles. The molecule has 0 rings (SSSR count). The monoisotopic (exact) mass is 235 g/mol. The summed E-state index contributed by atoms with van der Waals surface area (Å²) >= 11 is 0. The molecule has 0 spiro atoms. The maximum Gasteiger partial charge on any atom is 2.00 e. The number of rotatable bonds is 0. The Kier molecular flexibility index (Phi) is 12.5. The Morgan fingerprint density at radius 1 is 1.10 bits per heavy atom. The molecule has 0 saturated heterocycles. The quantitative estimate of drug-likeness (QED) is 0.300. The van der Waals surface area contributed by atoms with E-state index in [0.29, 0.717) is 0 Å². The van der Waals surface area contributed by atoms with Gasteiger partial charge in [-0.05, 0) is 0 Å². The van der Waals surface area contributed by atoms with E-state index in [2.05, 4.69) is 0 Å². The molecule has 0 aliphatic carbocycles. The average molecular weight is 236 g/mol. The zero-order valence-electron chi connectivity index (χ0n) is 4.51. The Hall–Kier alpha value is 0.350. The van der Waals surface area contributed by atoms with Gasteiger partial charge in [-0.15, -0.1) is 0 Å². The predicted octanol–water partition coefficient (Wildman–Crippen LogP) is -5.70. The van der Waals surface area contributed by atoms with Crippen molar-refractivity contribution >= 4 is 17.0 Å². The second kappa shape index (κ2) is 7.46. The van der Waals surface area contributed by atoms with Crippen LogP contribution in [0.25, 0.3) is 0 Å². The van der Waals surface area contributed by atoms with Crippen LogP contribution in [0.2, 0.25) is 0 Å². The first-order valence-electron chi connectivity index (χ1n) is 1.34. The molecule has 0 heterocycles. The summed E-state index contributed by atoms with van der Waals surface area (Å²) in [5.74, 6) is 0. The summed E-state index contributed by atoms with van der Waals surface area (Å²) in [6.45, 7) is 0. The van der Waals surface area contributed by atoms with Gasteiger partial charge in [0.25, 0.3) is 0 Å². The van der Waals surface area contributed by atoms with E-state index in [1.54, 1.807) is 0 Å². The molecular formula is O7PSiZn-3. The Labute approximate surface area is 70.2 Å². The van der Waals surface area contributed by atoms with Crippen molar-refractivity contribution in [3.63, 3.8) is 0 Å². The summed E-state index contributed by atoms with van der Waals surface area (Å²) in [4.78, 5) is 42.7. The summed E-state index contributed by atoms with van der Waals surface area (Å²) in [7, 11) is -9.02. The third-order valence-corrected chi connectivity index (χ3v) is 0. The summed E-state index contributed by atoms with van der Waals surface area (Å²) in [6, 6.07) is 0. The van der Waals surface area contributed by atoms with Crippen LogP contribution >= 0.6 is 7.82 Å². The van der Waals surface area contributed by atoms with E-state index in [0.717, 1.165) is 0 Å². The molecule has 0 N–H and O–H groups in total. The van der Waals surface area contributed by atoms with Gasteiger partial charge in [0.05, 0.1) is 0 Å². The maximum absolute atomic E-state index is 8.55. The number of phosphoric acid groups is 1. The fraction of sp³-hybridized carbons (Fsp3) is 0. The molecule has 0 radical (unpaired) electrons. The maximum atomic E-state index is 8.55. The van der Waals surface area contributed by atoms with E-state index in [1.807, 2.05) is 0 Å². The second-order valence-corrected chi connectivity index (χ2v) is 2.09. The van der Waals surface area contributed by atoms with Gasteiger partial charge < -0.3 is 33.3 Å². The van der Waals surface area contributed by atoms with E-state index in [9.17, 15) is 0 Å². The first kappa shape index (κ1) is 16.7. The van der Waals surface area contributed by atoms with E-state index in [1.165, 1.54) is 0 Å². The zero-order valence-corrected chi connectivity index (χ0v) is 9.37. The molecule has 0 aromatic heterocycles. The third kappa shape index (κ3) is 3680. The van der Waals surface area contributed by atoms with Gasteiger partial charge in [0.2, 0.25) is 0 Å². The van der Waals surface area contributed by atoms with E-state index < -0.39 is 17.0 Å². The van der Waals surface area contributed by atoms with Crippen LogP contribution in [0.4, 0.5) is 0 Å². The minimum Gasteiger partial charge on any atom is -0.822 e. The molecule has 0 unspecified atom stereocenters. The Balaban J connectivity index is -0.0000000910. The Morgan fingerprint density at radius 3 is 1.10 bits per heavy atom. The standard InChI is InChI=1S/H3O4P.O3Si.Zn/c1-5(2,3)4;1-4(2)3;/h(H3,1,2,3,4);;/q;-2;+2/p-3. The van der Waals surface area contributed by atoms with Crippen LogP contribution in [-0.4, -0.2) is 9.17 Å². The molecule has 0 saturated carbocycles. The molecule has 0 aliphatic rings. The molecule has 0 aromatic rings. The topological polar surface area (TPSA) is 149 Å². The molecular weight excluding hydrogens is 236 g/mol. The van der Waals surface area contributed by atoms with Gasteiger partial charge >= 0.3 is 19.5 Å². The summed E-state index contributed by atoms with van der Waals surface area (Å²) in [6.07, 6.45) is 0. The summed E-state index contributed by atoms with van der Waals surface area (Å²) < 4.78 is 17.1. The molecule has 10 heteroatoms. The van der Waals surface area contributed by atoms with Crippen LogP contribution in [0.1, 0.15) is 0 Å². The Morgan fingerprint density at radius 2 is 1.10 bits per heavy atom. The fourth-order valence-corrected chi connectivity index (χ4v) is 0. The molecule has 56 valence electrons. The van der Waals surface area contributed by atoms with Gasteiger partial charge in [0, 0.05) is 9.17 Å². The average Bonchev–Trinajstić information content (AvgIpc) is 1.19. The normalized spacial score (nSPS) is 8.30. The number of hydrogen-bond acceptors (Lipinski definition) is 7. The summed E-state index contributed by atoms with van der Waals surface area (Å²) in [5.41, 5.74) is 0.